The number of ether oxygens (including phenoxy) is 1. The number of carbonyl (C=O) groups excluding carboxylic acids is 2. The first-order valence-corrected chi connectivity index (χ1v) is 10.7. The van der Waals surface area contributed by atoms with E-state index in [9.17, 15) is 14.0 Å². The van der Waals surface area contributed by atoms with Crippen molar-refractivity contribution in [3.8, 4) is 5.75 Å². The summed E-state index contributed by atoms with van der Waals surface area (Å²) in [5, 5.41) is 2.93. The molecule has 1 aliphatic rings. The highest BCUT2D eigenvalue weighted by Gasteiger charge is 2.21. The first-order valence-electron chi connectivity index (χ1n) is 10.7. The van der Waals surface area contributed by atoms with Gasteiger partial charge in [0.15, 0.2) is 0 Å². The summed E-state index contributed by atoms with van der Waals surface area (Å²) in [6, 6.07) is 13.7. The number of rotatable bonds is 8. The smallest absolute Gasteiger partial charge is 0.254 e. The maximum atomic E-state index is 13.4. The fraction of sp³-hybridized carbons (Fsp3) is 0.417. The van der Waals surface area contributed by atoms with E-state index in [2.05, 4.69) is 10.2 Å². The summed E-state index contributed by atoms with van der Waals surface area (Å²) in [5.41, 5.74) is 1.51. The summed E-state index contributed by atoms with van der Waals surface area (Å²) in [7, 11) is 0. The Hall–Kier alpha value is -2.93. The van der Waals surface area contributed by atoms with Crippen LogP contribution < -0.4 is 10.1 Å². The van der Waals surface area contributed by atoms with E-state index in [-0.39, 0.29) is 11.8 Å². The number of nitrogens with one attached hydrogen (secondary N) is 1. The van der Waals surface area contributed by atoms with E-state index in [0.717, 1.165) is 30.7 Å². The average Bonchev–Trinajstić information content (AvgIpc) is 2.98. The van der Waals surface area contributed by atoms with Crippen molar-refractivity contribution < 1.29 is 18.7 Å². The van der Waals surface area contributed by atoms with Gasteiger partial charge in [-0.25, -0.2) is 4.39 Å². The minimum atomic E-state index is -0.414. The molecule has 1 aliphatic heterocycles. The number of hydrogen-bond acceptors (Lipinski definition) is 4. The Balaban J connectivity index is 1.35. The predicted octanol–water partition coefficient (Wildman–Crippen LogP) is 2.87. The van der Waals surface area contributed by atoms with E-state index < -0.39 is 5.82 Å². The molecular formula is C24H30FN3O3. The lowest BCUT2D eigenvalue weighted by molar-refractivity contribution is -0.122. The maximum absolute atomic E-state index is 13.4. The Kier molecular flexibility index (Phi) is 8.41. The Morgan fingerprint density at radius 3 is 2.71 bits per heavy atom. The second-order valence-electron chi connectivity index (χ2n) is 7.80. The second kappa shape index (κ2) is 11.5. The molecule has 0 spiro atoms. The largest absolute Gasteiger partial charge is 0.494 e. The van der Waals surface area contributed by atoms with Crippen molar-refractivity contribution in [3.63, 3.8) is 0 Å². The van der Waals surface area contributed by atoms with E-state index in [0.29, 0.717) is 44.9 Å². The highest BCUT2D eigenvalue weighted by molar-refractivity contribution is 5.94. The molecule has 31 heavy (non-hydrogen) atoms. The van der Waals surface area contributed by atoms with Gasteiger partial charge in [0.1, 0.15) is 11.6 Å². The first kappa shape index (κ1) is 22.7. The van der Waals surface area contributed by atoms with Crippen LogP contribution in [0.2, 0.25) is 0 Å². The topological polar surface area (TPSA) is 61.9 Å². The van der Waals surface area contributed by atoms with Gasteiger partial charge in [-0.2, -0.15) is 0 Å². The Bertz CT molecular complexity index is 890. The van der Waals surface area contributed by atoms with Crippen LogP contribution in [0.4, 0.5) is 4.39 Å². The van der Waals surface area contributed by atoms with Gasteiger partial charge in [-0.1, -0.05) is 18.2 Å². The van der Waals surface area contributed by atoms with Gasteiger partial charge in [0.05, 0.1) is 13.2 Å². The maximum Gasteiger partial charge on any atom is 0.254 e. The monoisotopic (exact) mass is 427 g/mol. The number of amides is 2. The van der Waals surface area contributed by atoms with Crippen LogP contribution in [0.3, 0.4) is 0 Å². The van der Waals surface area contributed by atoms with Gasteiger partial charge in [-0.05, 0) is 55.7 Å². The lowest BCUT2D eigenvalue weighted by Crippen LogP contribution is -2.40. The van der Waals surface area contributed by atoms with E-state index in [1.54, 1.807) is 17.0 Å². The van der Waals surface area contributed by atoms with Gasteiger partial charge in [0, 0.05) is 38.3 Å². The summed E-state index contributed by atoms with van der Waals surface area (Å²) in [4.78, 5) is 28.7. The third kappa shape index (κ3) is 7.36. The van der Waals surface area contributed by atoms with E-state index in [4.69, 9.17) is 4.74 Å². The molecular weight excluding hydrogens is 397 g/mol. The zero-order valence-corrected chi connectivity index (χ0v) is 18.0. The van der Waals surface area contributed by atoms with Crippen LogP contribution in [0.15, 0.2) is 48.5 Å². The summed E-state index contributed by atoms with van der Waals surface area (Å²) < 4.78 is 19.1. The lowest BCUT2D eigenvalue weighted by Gasteiger charge is -2.22. The minimum absolute atomic E-state index is 0.0273. The number of nitrogens with zero attached hydrogens (tertiary/aromatic N) is 2. The molecule has 2 aromatic carbocycles. The van der Waals surface area contributed by atoms with Crippen LogP contribution in [0.25, 0.3) is 0 Å². The Labute approximate surface area is 183 Å². The average molecular weight is 428 g/mol. The number of halogens is 1. The summed E-state index contributed by atoms with van der Waals surface area (Å²) >= 11 is 0. The molecule has 2 aromatic rings. The van der Waals surface area contributed by atoms with Crippen LogP contribution in [0, 0.1) is 12.7 Å². The fourth-order valence-corrected chi connectivity index (χ4v) is 3.59. The SMILES string of the molecule is Cc1cccc(OCCCNC(=O)CN2CCCN(C(=O)c3cccc(F)c3)CC2)c1. The summed E-state index contributed by atoms with van der Waals surface area (Å²) in [6.45, 7) is 5.92. The Morgan fingerprint density at radius 2 is 1.90 bits per heavy atom. The molecule has 166 valence electrons. The Morgan fingerprint density at radius 1 is 1.06 bits per heavy atom. The zero-order chi connectivity index (χ0) is 22.1. The highest BCUT2D eigenvalue weighted by Crippen LogP contribution is 2.13. The van der Waals surface area contributed by atoms with Crippen molar-refractivity contribution in [2.24, 2.45) is 0 Å². The number of hydrogen-bond donors (Lipinski definition) is 1. The molecule has 3 rings (SSSR count). The molecule has 1 N–H and O–H groups in total. The zero-order valence-electron chi connectivity index (χ0n) is 18.0. The molecule has 0 aromatic heterocycles. The van der Waals surface area contributed by atoms with E-state index in [1.807, 2.05) is 31.2 Å². The molecule has 0 radical (unpaired) electrons. The van der Waals surface area contributed by atoms with Gasteiger partial charge in [0.25, 0.3) is 5.91 Å². The molecule has 7 heteroatoms. The normalized spacial score (nSPS) is 14.7. The lowest BCUT2D eigenvalue weighted by atomic mass is 10.2. The minimum Gasteiger partial charge on any atom is -0.494 e. The molecule has 0 atom stereocenters. The predicted molar refractivity (Wildman–Crippen MR) is 118 cm³/mol. The van der Waals surface area contributed by atoms with Gasteiger partial charge in [0.2, 0.25) is 5.91 Å². The molecule has 0 bridgehead atoms. The van der Waals surface area contributed by atoms with Crippen molar-refractivity contribution in [3.05, 3.63) is 65.5 Å². The van der Waals surface area contributed by atoms with E-state index in [1.165, 1.54) is 12.1 Å². The van der Waals surface area contributed by atoms with Crippen molar-refractivity contribution in [2.75, 3.05) is 45.9 Å². The quantitative estimate of drug-likeness (QED) is 0.658. The molecule has 1 saturated heterocycles. The van der Waals surface area contributed by atoms with Crippen molar-refractivity contribution in [1.29, 1.82) is 0 Å². The van der Waals surface area contributed by atoms with Crippen LogP contribution >= 0.6 is 0 Å². The van der Waals surface area contributed by atoms with Gasteiger partial charge >= 0.3 is 0 Å². The van der Waals surface area contributed by atoms with Crippen LogP contribution in [0.1, 0.15) is 28.8 Å². The van der Waals surface area contributed by atoms with Gasteiger partial charge in [-0.15, -0.1) is 0 Å². The molecule has 0 saturated carbocycles. The molecule has 0 unspecified atom stereocenters. The molecule has 1 heterocycles. The molecule has 0 aliphatic carbocycles. The first-order chi connectivity index (χ1) is 15.0. The third-order valence-corrected chi connectivity index (χ3v) is 5.22. The van der Waals surface area contributed by atoms with Crippen molar-refractivity contribution >= 4 is 11.8 Å². The molecule has 6 nitrogen and oxygen atoms in total. The highest BCUT2D eigenvalue weighted by atomic mass is 19.1. The van der Waals surface area contributed by atoms with Crippen LogP contribution in [-0.4, -0.2) is 67.5 Å². The fourth-order valence-electron chi connectivity index (χ4n) is 3.59. The van der Waals surface area contributed by atoms with Gasteiger partial charge in [-0.3, -0.25) is 14.5 Å². The van der Waals surface area contributed by atoms with Crippen LogP contribution in [-0.2, 0) is 4.79 Å². The van der Waals surface area contributed by atoms with E-state index >= 15 is 0 Å². The van der Waals surface area contributed by atoms with Crippen molar-refractivity contribution in [1.82, 2.24) is 15.1 Å². The second-order valence-corrected chi connectivity index (χ2v) is 7.80. The summed E-state index contributed by atoms with van der Waals surface area (Å²) in [6.07, 6.45) is 1.51. The van der Waals surface area contributed by atoms with Crippen molar-refractivity contribution in [2.45, 2.75) is 19.8 Å². The number of aryl methyl sites for hydroxylation is 1. The van der Waals surface area contributed by atoms with Crippen LogP contribution in [0.5, 0.6) is 5.75 Å². The molecule has 1 fully saturated rings. The number of carbonyl (C=O) groups is 2. The standard InChI is InChI=1S/C24H30FN3O3/c1-19-6-2-9-22(16-19)31-15-4-10-26-23(29)18-27-11-5-12-28(14-13-27)24(30)20-7-3-8-21(25)17-20/h2-3,6-9,16-17H,4-5,10-15,18H2,1H3,(H,26,29). The third-order valence-electron chi connectivity index (χ3n) is 5.22. The summed E-state index contributed by atoms with van der Waals surface area (Å²) in [5.74, 6) is 0.233. The molecule has 2 amide bonds. The number of benzene rings is 2. The van der Waals surface area contributed by atoms with Gasteiger partial charge < -0.3 is 15.0 Å².